The lowest BCUT2D eigenvalue weighted by Gasteiger charge is -2.13. The van der Waals surface area contributed by atoms with Gasteiger partial charge in [-0.05, 0) is 44.0 Å². The number of hydrogen-bond donors (Lipinski definition) is 1. The lowest BCUT2D eigenvalue weighted by atomic mass is 9.97. The standard InChI is InChI=1S/C17H17N3/c1-10-8-11(2)15(12(3)9-10)16-17(18)20-14-7-5-4-6-13(14)19-16/h4-9H,1-3H3,(H2,18,20). The number of nitrogens with two attached hydrogens (primary N) is 1. The van der Waals surface area contributed by atoms with E-state index >= 15 is 0 Å². The van der Waals surface area contributed by atoms with Crippen molar-refractivity contribution < 1.29 is 0 Å². The minimum Gasteiger partial charge on any atom is -0.382 e. The van der Waals surface area contributed by atoms with Crippen molar-refractivity contribution in [2.75, 3.05) is 5.73 Å². The second-order valence-electron chi connectivity index (χ2n) is 5.22. The van der Waals surface area contributed by atoms with Gasteiger partial charge >= 0.3 is 0 Å². The van der Waals surface area contributed by atoms with Gasteiger partial charge in [0.25, 0.3) is 0 Å². The molecule has 100 valence electrons. The molecule has 2 aromatic carbocycles. The number of nitrogen functional groups attached to an aromatic ring is 1. The van der Waals surface area contributed by atoms with Crippen LogP contribution in [0.25, 0.3) is 22.3 Å². The van der Waals surface area contributed by atoms with E-state index in [1.165, 1.54) is 16.7 Å². The highest BCUT2D eigenvalue weighted by Crippen LogP contribution is 2.31. The molecule has 3 nitrogen and oxygen atoms in total. The Morgan fingerprint density at radius 1 is 0.850 bits per heavy atom. The summed E-state index contributed by atoms with van der Waals surface area (Å²) in [5.74, 6) is 0.485. The second-order valence-corrected chi connectivity index (χ2v) is 5.22. The number of aryl methyl sites for hydroxylation is 3. The molecular weight excluding hydrogens is 246 g/mol. The maximum atomic E-state index is 6.12. The van der Waals surface area contributed by atoms with Gasteiger partial charge in [-0.25, -0.2) is 9.97 Å². The molecule has 0 atom stereocenters. The molecule has 0 fully saturated rings. The van der Waals surface area contributed by atoms with E-state index in [1.807, 2.05) is 24.3 Å². The summed E-state index contributed by atoms with van der Waals surface area (Å²) in [5, 5.41) is 0. The highest BCUT2D eigenvalue weighted by atomic mass is 14.9. The molecule has 1 heterocycles. The predicted molar refractivity (Wildman–Crippen MR) is 83.6 cm³/mol. The van der Waals surface area contributed by atoms with E-state index in [9.17, 15) is 0 Å². The summed E-state index contributed by atoms with van der Waals surface area (Å²) in [5.41, 5.74) is 13.3. The number of rotatable bonds is 1. The number of hydrogen-bond acceptors (Lipinski definition) is 3. The van der Waals surface area contributed by atoms with E-state index in [-0.39, 0.29) is 0 Å². The Labute approximate surface area is 118 Å². The molecule has 0 aliphatic heterocycles. The molecule has 0 amide bonds. The average molecular weight is 263 g/mol. The molecule has 1 aromatic heterocycles. The maximum Gasteiger partial charge on any atom is 0.150 e. The molecule has 0 unspecified atom stereocenters. The number of fused-ring (bicyclic) bond motifs is 1. The Morgan fingerprint density at radius 3 is 2.00 bits per heavy atom. The van der Waals surface area contributed by atoms with E-state index in [4.69, 9.17) is 10.7 Å². The van der Waals surface area contributed by atoms with Crippen LogP contribution in [-0.4, -0.2) is 9.97 Å². The molecule has 0 radical (unpaired) electrons. The van der Waals surface area contributed by atoms with Crippen molar-refractivity contribution in [3.63, 3.8) is 0 Å². The predicted octanol–water partition coefficient (Wildman–Crippen LogP) is 3.80. The molecule has 0 bridgehead atoms. The van der Waals surface area contributed by atoms with Gasteiger partial charge in [-0.1, -0.05) is 29.8 Å². The highest BCUT2D eigenvalue weighted by Gasteiger charge is 2.13. The maximum absolute atomic E-state index is 6.12. The van der Waals surface area contributed by atoms with Crippen LogP contribution in [-0.2, 0) is 0 Å². The van der Waals surface area contributed by atoms with Gasteiger partial charge < -0.3 is 5.73 Å². The summed E-state index contributed by atoms with van der Waals surface area (Å²) in [4.78, 5) is 9.18. The summed E-state index contributed by atoms with van der Waals surface area (Å²) < 4.78 is 0. The monoisotopic (exact) mass is 263 g/mol. The Hall–Kier alpha value is -2.42. The van der Waals surface area contributed by atoms with Crippen LogP contribution in [0, 0.1) is 20.8 Å². The SMILES string of the molecule is Cc1cc(C)c(-c2nc3ccccc3nc2N)c(C)c1. The molecule has 3 aromatic rings. The van der Waals surface area contributed by atoms with Gasteiger partial charge in [-0.15, -0.1) is 0 Å². The normalized spacial score (nSPS) is 10.9. The Morgan fingerprint density at radius 2 is 1.40 bits per heavy atom. The first-order valence-corrected chi connectivity index (χ1v) is 6.67. The Bertz CT molecular complexity index is 783. The molecule has 3 rings (SSSR count). The average Bonchev–Trinajstić information content (AvgIpc) is 2.38. The molecule has 3 heteroatoms. The van der Waals surface area contributed by atoms with Gasteiger partial charge in [0.2, 0.25) is 0 Å². The largest absolute Gasteiger partial charge is 0.382 e. The summed E-state index contributed by atoms with van der Waals surface area (Å²) in [6.07, 6.45) is 0. The third kappa shape index (κ3) is 2.01. The van der Waals surface area contributed by atoms with Gasteiger partial charge in [0.05, 0.1) is 11.0 Å². The summed E-state index contributed by atoms with van der Waals surface area (Å²) in [6, 6.07) is 12.1. The summed E-state index contributed by atoms with van der Waals surface area (Å²) in [7, 11) is 0. The molecule has 20 heavy (non-hydrogen) atoms. The van der Waals surface area contributed by atoms with E-state index in [1.54, 1.807) is 0 Å². The van der Waals surface area contributed by atoms with Gasteiger partial charge in [-0.2, -0.15) is 0 Å². The third-order valence-electron chi connectivity index (χ3n) is 3.51. The minimum absolute atomic E-state index is 0.485. The fraction of sp³-hybridized carbons (Fsp3) is 0.176. The zero-order valence-electron chi connectivity index (χ0n) is 11.9. The molecule has 0 aliphatic rings. The van der Waals surface area contributed by atoms with Crippen molar-refractivity contribution in [2.24, 2.45) is 0 Å². The van der Waals surface area contributed by atoms with Gasteiger partial charge in [0.15, 0.2) is 5.82 Å². The molecular formula is C17H17N3. The van der Waals surface area contributed by atoms with Crippen LogP contribution >= 0.6 is 0 Å². The third-order valence-corrected chi connectivity index (χ3v) is 3.51. The Kier molecular flexibility index (Phi) is 2.90. The van der Waals surface area contributed by atoms with Crippen LogP contribution in [0.3, 0.4) is 0 Å². The van der Waals surface area contributed by atoms with Crippen LogP contribution in [0.5, 0.6) is 0 Å². The van der Waals surface area contributed by atoms with Crippen molar-refractivity contribution in [1.29, 1.82) is 0 Å². The van der Waals surface area contributed by atoms with Crippen molar-refractivity contribution in [1.82, 2.24) is 9.97 Å². The lowest BCUT2D eigenvalue weighted by molar-refractivity contribution is 1.25. The van der Waals surface area contributed by atoms with Crippen LogP contribution in [0.4, 0.5) is 5.82 Å². The van der Waals surface area contributed by atoms with Crippen LogP contribution < -0.4 is 5.73 Å². The first-order chi connectivity index (χ1) is 9.56. The smallest absolute Gasteiger partial charge is 0.150 e. The topological polar surface area (TPSA) is 51.8 Å². The zero-order valence-corrected chi connectivity index (χ0v) is 11.9. The lowest BCUT2D eigenvalue weighted by Crippen LogP contribution is -2.01. The van der Waals surface area contributed by atoms with E-state index < -0.39 is 0 Å². The van der Waals surface area contributed by atoms with Gasteiger partial charge in [-0.3, -0.25) is 0 Å². The number of anilines is 1. The summed E-state index contributed by atoms with van der Waals surface area (Å²) in [6.45, 7) is 6.27. The Balaban J connectivity index is 2.32. The van der Waals surface area contributed by atoms with Crippen LogP contribution in [0.2, 0.25) is 0 Å². The van der Waals surface area contributed by atoms with Crippen molar-refractivity contribution in [3.05, 3.63) is 53.1 Å². The number of para-hydroxylation sites is 2. The first-order valence-electron chi connectivity index (χ1n) is 6.67. The van der Waals surface area contributed by atoms with Crippen molar-refractivity contribution in [2.45, 2.75) is 20.8 Å². The van der Waals surface area contributed by atoms with E-state index in [2.05, 4.69) is 37.9 Å². The second kappa shape index (κ2) is 4.60. The molecule has 0 saturated carbocycles. The zero-order chi connectivity index (χ0) is 14.3. The minimum atomic E-state index is 0.485. The van der Waals surface area contributed by atoms with Crippen molar-refractivity contribution in [3.8, 4) is 11.3 Å². The number of benzene rings is 2. The quantitative estimate of drug-likeness (QED) is 0.726. The molecule has 2 N–H and O–H groups in total. The fourth-order valence-electron chi connectivity index (χ4n) is 2.75. The highest BCUT2D eigenvalue weighted by molar-refractivity contribution is 5.84. The molecule has 0 spiro atoms. The van der Waals surface area contributed by atoms with Gasteiger partial charge in [0, 0.05) is 5.56 Å². The van der Waals surface area contributed by atoms with E-state index in [0.717, 1.165) is 22.3 Å². The molecule has 0 saturated heterocycles. The van der Waals surface area contributed by atoms with E-state index in [0.29, 0.717) is 5.82 Å². The van der Waals surface area contributed by atoms with Crippen LogP contribution in [0.15, 0.2) is 36.4 Å². The van der Waals surface area contributed by atoms with Crippen molar-refractivity contribution >= 4 is 16.9 Å². The van der Waals surface area contributed by atoms with Gasteiger partial charge in [0.1, 0.15) is 5.69 Å². The fourth-order valence-corrected chi connectivity index (χ4v) is 2.75. The molecule has 0 aliphatic carbocycles. The number of aromatic nitrogens is 2. The van der Waals surface area contributed by atoms with Crippen LogP contribution in [0.1, 0.15) is 16.7 Å². The summed E-state index contributed by atoms with van der Waals surface area (Å²) >= 11 is 0. The number of nitrogens with zero attached hydrogens (tertiary/aromatic N) is 2. The first kappa shape index (κ1) is 12.6.